The van der Waals surface area contributed by atoms with Crippen LogP contribution in [0.25, 0.3) is 0 Å². The minimum Gasteiger partial charge on any atom is -0.390 e. The van der Waals surface area contributed by atoms with Crippen LogP contribution in [0, 0.1) is 40.4 Å². The first-order chi connectivity index (χ1) is 14.1. The number of hydrogen-bond donors (Lipinski definition) is 2. The van der Waals surface area contributed by atoms with E-state index in [4.69, 9.17) is 0 Å². The Bertz CT molecular complexity index is 709. The van der Waals surface area contributed by atoms with E-state index in [1.54, 1.807) is 11.1 Å². The van der Waals surface area contributed by atoms with Crippen LogP contribution in [0.1, 0.15) is 98.8 Å². The van der Waals surface area contributed by atoms with Crippen molar-refractivity contribution < 1.29 is 15.0 Å². The highest BCUT2D eigenvalue weighted by Gasteiger charge is 2.57. The molecule has 0 amide bonds. The minimum atomic E-state index is -0.561. The molecule has 4 aliphatic carbocycles. The molecule has 0 heterocycles. The maximum Gasteiger partial charge on any atom is 0.133 e. The monoisotopic (exact) mass is 416 g/mol. The van der Waals surface area contributed by atoms with Gasteiger partial charge in [0, 0.05) is 12.8 Å². The summed E-state index contributed by atoms with van der Waals surface area (Å²) in [6, 6.07) is 0. The van der Waals surface area contributed by atoms with E-state index in [2.05, 4.69) is 34.6 Å². The molecule has 0 aromatic heterocycles. The number of carbonyl (C=O) groups is 1. The fourth-order valence-corrected chi connectivity index (χ4v) is 8.54. The van der Waals surface area contributed by atoms with Crippen molar-refractivity contribution in [1.82, 2.24) is 0 Å². The summed E-state index contributed by atoms with van der Waals surface area (Å²) in [6.07, 6.45) is 9.15. The normalized spacial score (nSPS) is 44.5. The highest BCUT2D eigenvalue weighted by molar-refractivity contribution is 5.78. The van der Waals surface area contributed by atoms with E-state index in [0.29, 0.717) is 34.9 Å². The maximum atomic E-state index is 12.5. The van der Waals surface area contributed by atoms with E-state index in [1.807, 2.05) is 0 Å². The van der Waals surface area contributed by atoms with Crippen LogP contribution in [-0.4, -0.2) is 28.2 Å². The quantitative estimate of drug-likeness (QED) is 0.567. The Morgan fingerprint density at radius 2 is 1.73 bits per heavy atom. The topological polar surface area (TPSA) is 57.5 Å². The molecule has 0 aliphatic heterocycles. The first-order valence-corrected chi connectivity index (χ1v) is 12.7. The molecule has 0 radical (unpaired) electrons. The lowest BCUT2D eigenvalue weighted by molar-refractivity contribution is -0.121. The van der Waals surface area contributed by atoms with E-state index in [9.17, 15) is 15.0 Å². The molecule has 3 heteroatoms. The molecular formula is C27H44O3. The number of fused-ring (bicyclic) bond motifs is 4. The van der Waals surface area contributed by atoms with Gasteiger partial charge in [-0.1, -0.05) is 45.8 Å². The summed E-state index contributed by atoms with van der Waals surface area (Å²) in [5.41, 5.74) is 3.77. The van der Waals surface area contributed by atoms with Crippen LogP contribution in [0.5, 0.6) is 0 Å². The van der Waals surface area contributed by atoms with Crippen molar-refractivity contribution in [2.45, 2.75) is 111 Å². The zero-order valence-electron chi connectivity index (χ0n) is 19.9. The molecule has 2 fully saturated rings. The van der Waals surface area contributed by atoms with Crippen LogP contribution < -0.4 is 0 Å². The summed E-state index contributed by atoms with van der Waals surface area (Å²) in [4.78, 5) is 12.5. The second-order valence-corrected chi connectivity index (χ2v) is 12.2. The fraction of sp³-hybridized carbons (Fsp3) is 0.889. The van der Waals surface area contributed by atoms with Crippen LogP contribution in [0.2, 0.25) is 0 Å². The van der Waals surface area contributed by atoms with Gasteiger partial charge in [0.15, 0.2) is 0 Å². The minimum absolute atomic E-state index is 0.0739. The molecule has 2 N–H and O–H groups in total. The van der Waals surface area contributed by atoms with E-state index in [-0.39, 0.29) is 11.3 Å². The number of carbonyl (C=O) groups excluding carboxylic acids is 1. The highest BCUT2D eigenvalue weighted by atomic mass is 16.3. The molecule has 0 spiro atoms. The van der Waals surface area contributed by atoms with Crippen molar-refractivity contribution in [2.75, 3.05) is 0 Å². The van der Waals surface area contributed by atoms with Crippen molar-refractivity contribution in [2.24, 2.45) is 40.4 Å². The Labute approximate surface area is 183 Å². The molecule has 2 saturated carbocycles. The van der Waals surface area contributed by atoms with Crippen LogP contribution in [0.15, 0.2) is 11.1 Å². The Morgan fingerprint density at radius 1 is 1.00 bits per heavy atom. The van der Waals surface area contributed by atoms with Gasteiger partial charge < -0.3 is 10.2 Å². The van der Waals surface area contributed by atoms with Gasteiger partial charge in [-0.05, 0) is 91.8 Å². The van der Waals surface area contributed by atoms with Gasteiger partial charge in [-0.3, -0.25) is 4.79 Å². The third-order valence-electron chi connectivity index (χ3n) is 10.0. The summed E-state index contributed by atoms with van der Waals surface area (Å²) >= 11 is 0. The molecule has 8 atom stereocenters. The molecule has 1 unspecified atom stereocenters. The number of aliphatic hydroxyl groups is 2. The van der Waals surface area contributed by atoms with Crippen LogP contribution in [0.3, 0.4) is 0 Å². The lowest BCUT2D eigenvalue weighted by Crippen LogP contribution is -2.52. The van der Waals surface area contributed by atoms with E-state index >= 15 is 0 Å². The molecule has 0 aromatic rings. The van der Waals surface area contributed by atoms with Gasteiger partial charge in [0.05, 0.1) is 12.2 Å². The molecule has 0 saturated heterocycles. The fourth-order valence-electron chi connectivity index (χ4n) is 8.54. The van der Waals surface area contributed by atoms with Crippen molar-refractivity contribution in [3.05, 3.63) is 11.1 Å². The molecule has 4 rings (SSSR count). The summed E-state index contributed by atoms with van der Waals surface area (Å²) < 4.78 is 0. The van der Waals surface area contributed by atoms with Gasteiger partial charge in [0.2, 0.25) is 0 Å². The second kappa shape index (κ2) is 8.03. The molecule has 3 nitrogen and oxygen atoms in total. The average molecular weight is 417 g/mol. The second-order valence-electron chi connectivity index (χ2n) is 12.2. The van der Waals surface area contributed by atoms with Crippen LogP contribution in [-0.2, 0) is 4.79 Å². The SMILES string of the molecule is CC(C)CC(=O)C[C@@H](C)[C@H]1CC[C@H]2C3=C(CC[C@]12C)[C@@]1(C)CC[C@H](O)[C@H](O)C1CC3. The lowest BCUT2D eigenvalue weighted by atomic mass is 9.50. The van der Waals surface area contributed by atoms with Crippen LogP contribution in [0.4, 0.5) is 0 Å². The standard InChI is InChI=1S/C27H44O3/c1-16(2)14-18(28)15-17(3)20-8-9-21-19-6-7-23-25(30)24(29)11-13-27(23,5)22(19)10-12-26(20,21)4/h16-17,20-21,23-25,29-30H,6-15H2,1-5H3/t17-,20-,21+,23?,24+,25-,26-,27-/m1/s1. The average Bonchev–Trinajstić information content (AvgIpc) is 3.01. The molecule has 0 aromatic carbocycles. The number of aliphatic hydroxyl groups excluding tert-OH is 2. The van der Waals surface area contributed by atoms with Gasteiger partial charge in [-0.15, -0.1) is 0 Å². The Kier molecular flexibility index (Phi) is 6.03. The Balaban J connectivity index is 1.56. The van der Waals surface area contributed by atoms with E-state index in [0.717, 1.165) is 44.9 Å². The first kappa shape index (κ1) is 22.5. The maximum absolute atomic E-state index is 12.5. The van der Waals surface area contributed by atoms with Crippen molar-refractivity contribution in [1.29, 1.82) is 0 Å². The molecular weight excluding hydrogens is 372 g/mol. The summed E-state index contributed by atoms with van der Waals surface area (Å²) in [7, 11) is 0. The molecule has 4 aliphatic rings. The third-order valence-corrected chi connectivity index (χ3v) is 10.0. The van der Waals surface area contributed by atoms with E-state index in [1.165, 1.54) is 19.3 Å². The predicted molar refractivity (Wildman–Crippen MR) is 121 cm³/mol. The molecule has 170 valence electrons. The summed E-state index contributed by atoms with van der Waals surface area (Å²) in [6.45, 7) is 11.5. The number of allylic oxidation sites excluding steroid dienone is 2. The first-order valence-electron chi connectivity index (χ1n) is 12.7. The Morgan fingerprint density at radius 3 is 2.43 bits per heavy atom. The predicted octanol–water partition coefficient (Wildman–Crippen LogP) is 5.68. The van der Waals surface area contributed by atoms with E-state index < -0.39 is 12.2 Å². The smallest absolute Gasteiger partial charge is 0.133 e. The molecule has 0 bridgehead atoms. The highest BCUT2D eigenvalue weighted by Crippen LogP contribution is 2.65. The van der Waals surface area contributed by atoms with Gasteiger partial charge in [-0.2, -0.15) is 0 Å². The van der Waals surface area contributed by atoms with Gasteiger partial charge in [0.25, 0.3) is 0 Å². The van der Waals surface area contributed by atoms with Crippen molar-refractivity contribution in [3.8, 4) is 0 Å². The third kappa shape index (κ3) is 3.52. The van der Waals surface area contributed by atoms with Gasteiger partial charge in [0.1, 0.15) is 5.78 Å². The number of ketones is 1. The number of Topliss-reactive ketones (excluding diaryl/α,β-unsaturated/α-hetero) is 1. The van der Waals surface area contributed by atoms with Crippen LogP contribution >= 0.6 is 0 Å². The zero-order valence-corrected chi connectivity index (χ0v) is 19.9. The summed E-state index contributed by atoms with van der Waals surface area (Å²) in [5.74, 6) is 2.91. The molecule has 30 heavy (non-hydrogen) atoms. The Hall–Kier alpha value is -0.670. The van der Waals surface area contributed by atoms with Crippen molar-refractivity contribution in [3.63, 3.8) is 0 Å². The zero-order chi connectivity index (χ0) is 21.8. The largest absolute Gasteiger partial charge is 0.390 e. The number of hydrogen-bond acceptors (Lipinski definition) is 3. The van der Waals surface area contributed by atoms with Gasteiger partial charge in [-0.25, -0.2) is 0 Å². The number of rotatable bonds is 5. The lowest BCUT2D eigenvalue weighted by Gasteiger charge is -2.56. The van der Waals surface area contributed by atoms with Gasteiger partial charge >= 0.3 is 0 Å². The summed E-state index contributed by atoms with van der Waals surface area (Å²) in [5, 5.41) is 21.0. The van der Waals surface area contributed by atoms with Crippen molar-refractivity contribution >= 4 is 5.78 Å².